The van der Waals surface area contributed by atoms with Crippen molar-refractivity contribution in [2.75, 3.05) is 50.9 Å². The van der Waals surface area contributed by atoms with Gasteiger partial charge in [-0.1, -0.05) is 31.7 Å². The van der Waals surface area contributed by atoms with E-state index in [1.807, 2.05) is 35.9 Å². The molecule has 4 rings (SSSR count). The van der Waals surface area contributed by atoms with E-state index in [0.717, 1.165) is 85.2 Å². The molecule has 1 amide bonds. The van der Waals surface area contributed by atoms with Crippen LogP contribution in [0.5, 0.6) is 5.75 Å². The summed E-state index contributed by atoms with van der Waals surface area (Å²) in [7, 11) is 0. The minimum atomic E-state index is 0.426. The molecule has 1 fully saturated rings. The van der Waals surface area contributed by atoms with Gasteiger partial charge < -0.3 is 24.7 Å². The van der Waals surface area contributed by atoms with Crippen molar-refractivity contribution in [3.05, 3.63) is 24.0 Å². The largest absolute Gasteiger partial charge is 0.493 e. The van der Waals surface area contributed by atoms with Gasteiger partial charge >= 0.3 is 0 Å². The molecule has 9 nitrogen and oxygen atoms in total. The van der Waals surface area contributed by atoms with Gasteiger partial charge in [-0.3, -0.25) is 9.10 Å². The zero-order valence-corrected chi connectivity index (χ0v) is 24.4. The second-order valence-corrected chi connectivity index (χ2v) is 11.2. The van der Waals surface area contributed by atoms with E-state index in [-0.39, 0.29) is 0 Å². The van der Waals surface area contributed by atoms with Crippen molar-refractivity contribution in [2.45, 2.75) is 71.9 Å². The monoisotopic (exact) mass is 556 g/mol. The second kappa shape index (κ2) is 15.3. The number of nitrogens with zero attached hydrogens (tertiary/aromatic N) is 5. The highest BCUT2D eigenvalue weighted by molar-refractivity contribution is 7.97. The molecule has 39 heavy (non-hydrogen) atoms. The van der Waals surface area contributed by atoms with Crippen molar-refractivity contribution < 1.29 is 14.3 Å². The van der Waals surface area contributed by atoms with Gasteiger partial charge in [0.25, 0.3) is 0 Å². The van der Waals surface area contributed by atoms with Crippen LogP contribution in [0.25, 0.3) is 21.9 Å². The molecule has 1 aliphatic heterocycles. The number of fused-ring (bicyclic) bond motifs is 3. The van der Waals surface area contributed by atoms with Crippen LogP contribution in [0.1, 0.15) is 64.6 Å². The van der Waals surface area contributed by atoms with E-state index in [9.17, 15) is 4.79 Å². The van der Waals surface area contributed by atoms with Crippen LogP contribution in [0.15, 0.2) is 18.2 Å². The summed E-state index contributed by atoms with van der Waals surface area (Å²) in [5.41, 5.74) is 8.98. The summed E-state index contributed by atoms with van der Waals surface area (Å²) in [5.74, 6) is 3.33. The number of unbranched alkanes of at least 4 members (excludes halogenated alkanes) is 3. The lowest BCUT2D eigenvalue weighted by molar-refractivity contribution is -0.118. The molecule has 1 aromatic carbocycles. The van der Waals surface area contributed by atoms with Crippen molar-refractivity contribution in [3.63, 3.8) is 0 Å². The molecule has 0 spiro atoms. The molecule has 0 aliphatic carbocycles. The number of hydrogen-bond donors (Lipinski definition) is 1. The van der Waals surface area contributed by atoms with Gasteiger partial charge in [0.1, 0.15) is 23.7 Å². The van der Waals surface area contributed by atoms with Gasteiger partial charge in [-0.25, -0.2) is 9.97 Å². The van der Waals surface area contributed by atoms with Gasteiger partial charge in [-0.05, 0) is 51.2 Å². The highest BCUT2D eigenvalue weighted by Crippen LogP contribution is 2.32. The third-order valence-corrected chi connectivity index (χ3v) is 8.31. The number of nitrogens with two attached hydrogens (primary N) is 1. The van der Waals surface area contributed by atoms with Crippen LogP contribution in [0, 0.1) is 0 Å². The van der Waals surface area contributed by atoms with Crippen LogP contribution in [0.4, 0.5) is 5.82 Å². The number of aryl methyl sites for hydroxylation is 1. The Bertz CT molecular complexity index is 1200. The number of nitrogen functional groups attached to an aromatic ring is 1. The Morgan fingerprint density at radius 1 is 1.10 bits per heavy atom. The highest BCUT2D eigenvalue weighted by atomic mass is 32.2. The summed E-state index contributed by atoms with van der Waals surface area (Å²) in [6.07, 6.45) is 8.55. The summed E-state index contributed by atoms with van der Waals surface area (Å²) >= 11 is 1.98. The van der Waals surface area contributed by atoms with Crippen molar-refractivity contribution in [3.8, 4) is 5.75 Å². The number of hydrogen-bond acceptors (Lipinski definition) is 8. The first-order valence-electron chi connectivity index (χ1n) is 14.5. The van der Waals surface area contributed by atoms with Crippen LogP contribution in [-0.2, 0) is 22.7 Å². The van der Waals surface area contributed by atoms with Crippen LogP contribution in [0.2, 0.25) is 0 Å². The molecular weight excluding hydrogens is 512 g/mol. The zero-order valence-electron chi connectivity index (χ0n) is 23.6. The molecule has 0 bridgehead atoms. The Labute approximate surface area is 236 Å². The number of benzene rings is 1. The second-order valence-electron chi connectivity index (χ2n) is 10.1. The SMILES string of the molecule is CCCCN(C=O)CCCOc1ccc2c(c1)nc(N)c1nc(COCC)n(CCCCCN3CCCS3)c12. The van der Waals surface area contributed by atoms with Crippen LogP contribution < -0.4 is 10.5 Å². The summed E-state index contributed by atoms with van der Waals surface area (Å²) in [6.45, 7) is 10.5. The van der Waals surface area contributed by atoms with Gasteiger partial charge in [0.2, 0.25) is 6.41 Å². The Kier molecular flexibility index (Phi) is 11.5. The predicted molar refractivity (Wildman–Crippen MR) is 160 cm³/mol. The lowest BCUT2D eigenvalue weighted by atomic mass is 10.1. The molecule has 1 aliphatic rings. The standard InChI is InChI=1S/C29H44N6O3S/c1-3-5-13-33(22-36)14-9-18-38-23-11-12-24-25(20-23)31-29(30)27-28(24)35(26(32-27)21-37-4-2)17-8-6-7-15-34-16-10-19-39-34/h11-12,20,22H,3-10,13-19,21H2,1-2H3,(H2,30,31). The fourth-order valence-corrected chi connectivity index (χ4v) is 6.05. The van der Waals surface area contributed by atoms with E-state index < -0.39 is 0 Å². The average Bonchev–Trinajstić information content (AvgIpc) is 3.60. The molecule has 2 aromatic heterocycles. The number of carbonyl (C=O) groups excluding carboxylic acids is 1. The van der Waals surface area contributed by atoms with Gasteiger partial charge in [0.05, 0.1) is 17.6 Å². The summed E-state index contributed by atoms with van der Waals surface area (Å²) < 4.78 is 16.6. The molecule has 0 saturated carbocycles. The molecule has 3 aromatic rings. The first-order valence-corrected chi connectivity index (χ1v) is 15.4. The van der Waals surface area contributed by atoms with Gasteiger partial charge in [-0.2, -0.15) is 0 Å². The maximum Gasteiger partial charge on any atom is 0.209 e. The molecule has 214 valence electrons. The molecule has 0 atom stereocenters. The molecular formula is C29H44N6O3S. The van der Waals surface area contributed by atoms with Crippen molar-refractivity contribution >= 4 is 46.1 Å². The van der Waals surface area contributed by atoms with E-state index >= 15 is 0 Å². The average molecular weight is 557 g/mol. The number of rotatable bonds is 18. The number of carbonyl (C=O) groups is 1. The highest BCUT2D eigenvalue weighted by Gasteiger charge is 2.18. The molecule has 2 N–H and O–H groups in total. The van der Waals surface area contributed by atoms with Crippen LogP contribution in [0.3, 0.4) is 0 Å². The number of ether oxygens (including phenoxy) is 2. The Balaban J connectivity index is 1.46. The minimum absolute atomic E-state index is 0.426. The summed E-state index contributed by atoms with van der Waals surface area (Å²) in [5, 5.41) is 1.02. The van der Waals surface area contributed by atoms with Gasteiger partial charge in [0.15, 0.2) is 5.82 Å². The van der Waals surface area contributed by atoms with Gasteiger partial charge in [-0.15, -0.1) is 0 Å². The zero-order chi connectivity index (χ0) is 27.5. The summed E-state index contributed by atoms with van der Waals surface area (Å²) in [4.78, 5) is 22.6. The van der Waals surface area contributed by atoms with E-state index in [0.29, 0.717) is 32.2 Å². The predicted octanol–water partition coefficient (Wildman–Crippen LogP) is 5.25. The molecule has 0 radical (unpaired) electrons. The third-order valence-electron chi connectivity index (χ3n) is 7.11. The molecule has 3 heterocycles. The normalized spacial score (nSPS) is 14.0. The van der Waals surface area contributed by atoms with Crippen LogP contribution >= 0.6 is 11.9 Å². The third kappa shape index (κ3) is 7.99. The van der Waals surface area contributed by atoms with Crippen LogP contribution in [-0.4, -0.2) is 75.3 Å². The number of pyridine rings is 1. The Hall–Kier alpha value is -2.56. The lowest BCUT2D eigenvalue weighted by Crippen LogP contribution is -2.25. The number of amides is 1. The molecule has 10 heteroatoms. The fourth-order valence-electron chi connectivity index (χ4n) is 5.02. The quantitative estimate of drug-likeness (QED) is 0.129. The van der Waals surface area contributed by atoms with Gasteiger partial charge in [0, 0.05) is 56.5 Å². The number of anilines is 1. The Morgan fingerprint density at radius 3 is 2.72 bits per heavy atom. The van der Waals surface area contributed by atoms with E-state index in [4.69, 9.17) is 20.2 Å². The number of imidazole rings is 1. The van der Waals surface area contributed by atoms with E-state index in [1.165, 1.54) is 31.6 Å². The lowest BCUT2D eigenvalue weighted by Gasteiger charge is -2.17. The maximum atomic E-state index is 11.2. The van der Waals surface area contributed by atoms with Crippen molar-refractivity contribution in [1.82, 2.24) is 23.7 Å². The van der Waals surface area contributed by atoms with Crippen molar-refractivity contribution in [2.24, 2.45) is 0 Å². The first-order chi connectivity index (χ1) is 19.1. The topological polar surface area (TPSA) is 98.7 Å². The maximum absolute atomic E-state index is 11.2. The smallest absolute Gasteiger partial charge is 0.209 e. The number of aromatic nitrogens is 3. The first kappa shape index (κ1) is 29.4. The Morgan fingerprint density at radius 2 is 1.95 bits per heavy atom. The molecule has 1 saturated heterocycles. The summed E-state index contributed by atoms with van der Waals surface area (Å²) in [6, 6.07) is 6.00. The van der Waals surface area contributed by atoms with Crippen molar-refractivity contribution in [1.29, 1.82) is 0 Å². The van der Waals surface area contributed by atoms with E-state index in [2.05, 4.69) is 26.8 Å². The van der Waals surface area contributed by atoms with E-state index in [1.54, 1.807) is 0 Å². The fraction of sp³-hybridized carbons (Fsp3) is 0.621. The molecule has 0 unspecified atom stereocenters. The minimum Gasteiger partial charge on any atom is -0.493 e.